The van der Waals surface area contributed by atoms with Gasteiger partial charge in [0, 0.05) is 24.1 Å². The maximum Gasteiger partial charge on any atom is 0.404 e. The fourth-order valence-corrected chi connectivity index (χ4v) is 1.86. The average molecular weight is 463 g/mol. The van der Waals surface area contributed by atoms with Crippen molar-refractivity contribution < 1.29 is 19.1 Å². The van der Waals surface area contributed by atoms with Crippen molar-refractivity contribution in [1.82, 2.24) is 10.2 Å². The highest BCUT2D eigenvalue weighted by atomic mass is 127. The second-order valence-electron chi connectivity index (χ2n) is 5.19. The fraction of sp³-hybridized carbons (Fsp3) is 0.412. The van der Waals surface area contributed by atoms with Gasteiger partial charge in [-0.1, -0.05) is 6.08 Å². The molecule has 0 aromatic heterocycles. The van der Waals surface area contributed by atoms with E-state index in [2.05, 4.69) is 27.9 Å². The molecule has 2 amide bonds. The number of primary amides is 1. The largest absolute Gasteiger partial charge is 0.487 e. The lowest BCUT2D eigenvalue weighted by atomic mass is 10.2. The number of carbonyl (C=O) groups excluding carboxylic acids is 2. The highest BCUT2D eigenvalue weighted by molar-refractivity contribution is 14.1. The van der Waals surface area contributed by atoms with Gasteiger partial charge in [-0.15, -0.1) is 0 Å². The number of nitrogens with one attached hydrogen (secondary N) is 1. The minimum atomic E-state index is -0.857. The predicted octanol–water partition coefficient (Wildman–Crippen LogP) is 2.00. The fourth-order valence-electron chi connectivity index (χ4n) is 1.50. The number of carbonyl (C=O) groups is 2. The van der Waals surface area contributed by atoms with Crippen LogP contribution in [0.3, 0.4) is 0 Å². The lowest BCUT2D eigenvalue weighted by Gasteiger charge is -2.17. The monoisotopic (exact) mass is 463 g/mol. The second kappa shape index (κ2) is 13.5. The average Bonchev–Trinajstić information content (AvgIpc) is 2.54. The molecule has 1 rings (SSSR count). The summed E-state index contributed by atoms with van der Waals surface area (Å²) in [5.41, 5.74) is 4.97. The molecule has 0 saturated carbocycles. The molecule has 0 aliphatic carbocycles. The van der Waals surface area contributed by atoms with Crippen molar-refractivity contribution in [3.8, 4) is 5.75 Å². The van der Waals surface area contributed by atoms with Gasteiger partial charge in [-0.05, 0) is 67.0 Å². The highest BCUT2D eigenvalue weighted by Gasteiger charge is 2.12. The zero-order valence-corrected chi connectivity index (χ0v) is 17.1. The van der Waals surface area contributed by atoms with E-state index in [0.717, 1.165) is 3.57 Å². The van der Waals surface area contributed by atoms with Crippen molar-refractivity contribution in [3.05, 3.63) is 40.0 Å². The van der Waals surface area contributed by atoms with Crippen LogP contribution >= 0.6 is 22.6 Å². The molecule has 8 heteroatoms. The van der Waals surface area contributed by atoms with Gasteiger partial charge in [0.05, 0.1) is 0 Å². The molecule has 0 aliphatic rings. The number of hydrogen-bond donors (Lipinski definition) is 2. The van der Waals surface area contributed by atoms with E-state index < -0.39 is 12.2 Å². The summed E-state index contributed by atoms with van der Waals surface area (Å²) in [5.74, 6) is 0.537. The molecule has 0 fully saturated rings. The third-order valence-corrected chi connectivity index (χ3v) is 3.35. The summed E-state index contributed by atoms with van der Waals surface area (Å²) in [4.78, 5) is 23.7. The molecular weight excluding hydrogens is 437 g/mol. The number of halogens is 1. The molecule has 0 spiro atoms. The first kappa shape index (κ1) is 23.2. The topological polar surface area (TPSA) is 93.9 Å². The van der Waals surface area contributed by atoms with Crippen LogP contribution in [0.15, 0.2) is 36.4 Å². The summed E-state index contributed by atoms with van der Waals surface area (Å²) in [7, 11) is 7.09. The van der Waals surface area contributed by atoms with E-state index >= 15 is 0 Å². The minimum absolute atomic E-state index is 0.0157. The van der Waals surface area contributed by atoms with Gasteiger partial charge in [0.1, 0.15) is 18.5 Å². The van der Waals surface area contributed by atoms with E-state index in [1.54, 1.807) is 20.2 Å². The Morgan fingerprint density at radius 2 is 1.84 bits per heavy atom. The van der Waals surface area contributed by atoms with Crippen LogP contribution in [0.1, 0.15) is 6.42 Å². The van der Waals surface area contributed by atoms with Gasteiger partial charge in [-0.2, -0.15) is 0 Å². The molecule has 25 heavy (non-hydrogen) atoms. The molecule has 0 saturated heterocycles. The number of nitrogens with zero attached hydrogens (tertiary/aromatic N) is 1. The summed E-state index contributed by atoms with van der Waals surface area (Å²) >= 11 is 2.20. The van der Waals surface area contributed by atoms with Crippen molar-refractivity contribution in [1.29, 1.82) is 0 Å². The Balaban J connectivity index is 0.00000178. The molecule has 1 atom stereocenters. The maximum atomic E-state index is 11.5. The van der Waals surface area contributed by atoms with E-state index in [4.69, 9.17) is 15.2 Å². The molecule has 7 nitrogen and oxygen atoms in total. The highest BCUT2D eigenvalue weighted by Crippen LogP contribution is 2.16. The van der Waals surface area contributed by atoms with E-state index in [0.29, 0.717) is 12.2 Å². The SMILES string of the molecule is CN(C)C(=O)C=CCC(COC(N)=O)Oc1ccc(I)cc1.CNC. The molecule has 1 aromatic rings. The van der Waals surface area contributed by atoms with Gasteiger partial charge < -0.3 is 25.4 Å². The normalized spacial score (nSPS) is 11.2. The molecule has 0 heterocycles. The molecule has 3 N–H and O–H groups in total. The predicted molar refractivity (Wildman–Crippen MR) is 107 cm³/mol. The van der Waals surface area contributed by atoms with Crippen molar-refractivity contribution in [2.24, 2.45) is 5.73 Å². The number of benzene rings is 1. The summed E-state index contributed by atoms with van der Waals surface area (Å²) in [6.45, 7) is 0.0157. The Morgan fingerprint density at radius 1 is 1.28 bits per heavy atom. The molecule has 0 bridgehead atoms. The van der Waals surface area contributed by atoms with Gasteiger partial charge in [0.15, 0.2) is 0 Å². The van der Waals surface area contributed by atoms with Crippen LogP contribution in [0.25, 0.3) is 0 Å². The Kier molecular flexibility index (Phi) is 12.5. The molecular formula is C17H26IN3O4. The number of hydrogen-bond acceptors (Lipinski definition) is 5. The Bertz CT molecular complexity index is 547. The van der Waals surface area contributed by atoms with Gasteiger partial charge in [0.2, 0.25) is 5.91 Å². The van der Waals surface area contributed by atoms with Gasteiger partial charge in [-0.3, -0.25) is 4.79 Å². The first-order valence-corrected chi connectivity index (χ1v) is 8.68. The Morgan fingerprint density at radius 3 is 2.32 bits per heavy atom. The van der Waals surface area contributed by atoms with E-state index in [9.17, 15) is 9.59 Å². The van der Waals surface area contributed by atoms with Crippen LogP contribution in [-0.4, -0.2) is 57.8 Å². The van der Waals surface area contributed by atoms with Gasteiger partial charge in [0.25, 0.3) is 0 Å². The van der Waals surface area contributed by atoms with Crippen LogP contribution in [0.4, 0.5) is 4.79 Å². The summed E-state index contributed by atoms with van der Waals surface area (Å²) in [6.07, 6.45) is 2.28. The minimum Gasteiger partial charge on any atom is -0.487 e. The van der Waals surface area contributed by atoms with Crippen LogP contribution in [0.2, 0.25) is 0 Å². The van der Waals surface area contributed by atoms with Crippen LogP contribution in [-0.2, 0) is 9.53 Å². The number of ether oxygens (including phenoxy) is 2. The molecule has 140 valence electrons. The number of rotatable bonds is 7. The second-order valence-corrected chi connectivity index (χ2v) is 6.44. The van der Waals surface area contributed by atoms with E-state index in [1.165, 1.54) is 11.0 Å². The molecule has 1 unspecified atom stereocenters. The first-order chi connectivity index (χ1) is 11.8. The number of nitrogens with two attached hydrogens (primary N) is 1. The van der Waals surface area contributed by atoms with Crippen molar-refractivity contribution >= 4 is 34.6 Å². The summed E-state index contributed by atoms with van der Waals surface area (Å²) in [5, 5.41) is 2.75. The maximum absolute atomic E-state index is 11.5. The number of amides is 2. The third kappa shape index (κ3) is 12.2. The molecule has 0 aliphatic heterocycles. The van der Waals surface area contributed by atoms with E-state index in [-0.39, 0.29) is 12.5 Å². The number of likely N-dealkylation sites (N-methyl/N-ethyl adjacent to an activating group) is 1. The van der Waals surface area contributed by atoms with E-state index in [1.807, 2.05) is 38.4 Å². The smallest absolute Gasteiger partial charge is 0.404 e. The van der Waals surface area contributed by atoms with Crippen molar-refractivity contribution in [3.63, 3.8) is 0 Å². The van der Waals surface area contributed by atoms with Crippen LogP contribution in [0.5, 0.6) is 5.75 Å². The third-order valence-electron chi connectivity index (χ3n) is 2.63. The molecule has 1 aromatic carbocycles. The quantitative estimate of drug-likeness (QED) is 0.477. The standard InChI is InChI=1S/C15H19IN2O4.C2H7N/c1-18(2)14(19)5-3-4-13(10-21-15(17)20)22-12-8-6-11(16)7-9-12;1-3-2/h3,5-9,13H,4,10H2,1-2H3,(H2,17,20);3H,1-2H3. The van der Waals surface area contributed by atoms with Crippen molar-refractivity contribution in [2.75, 3.05) is 34.8 Å². The first-order valence-electron chi connectivity index (χ1n) is 7.60. The lowest BCUT2D eigenvalue weighted by molar-refractivity contribution is -0.123. The Hall–Kier alpha value is -1.81. The zero-order chi connectivity index (χ0) is 19.2. The summed E-state index contributed by atoms with van der Waals surface area (Å²) in [6, 6.07) is 7.47. The van der Waals surface area contributed by atoms with Crippen LogP contribution in [0, 0.1) is 3.57 Å². The van der Waals surface area contributed by atoms with Gasteiger partial charge in [-0.25, -0.2) is 4.79 Å². The Labute approximate surface area is 162 Å². The zero-order valence-electron chi connectivity index (χ0n) is 15.0. The molecule has 0 radical (unpaired) electrons. The van der Waals surface area contributed by atoms with Crippen molar-refractivity contribution in [2.45, 2.75) is 12.5 Å². The lowest BCUT2D eigenvalue weighted by Crippen LogP contribution is -2.27. The summed E-state index contributed by atoms with van der Waals surface area (Å²) < 4.78 is 11.6. The van der Waals surface area contributed by atoms with Gasteiger partial charge >= 0.3 is 6.09 Å². The van der Waals surface area contributed by atoms with Crippen LogP contribution < -0.4 is 15.8 Å².